The number of nitrogens with zero attached hydrogens (tertiary/aromatic N) is 1. The fourth-order valence-corrected chi connectivity index (χ4v) is 2.08. The van der Waals surface area contributed by atoms with Gasteiger partial charge in [-0.2, -0.15) is 0 Å². The van der Waals surface area contributed by atoms with Crippen LogP contribution in [0.2, 0.25) is 0 Å². The van der Waals surface area contributed by atoms with E-state index < -0.39 is 10.0 Å². The zero-order valence-electron chi connectivity index (χ0n) is 8.64. The van der Waals surface area contributed by atoms with Crippen LogP contribution < -0.4 is 4.72 Å². The van der Waals surface area contributed by atoms with Crippen molar-refractivity contribution in [1.29, 1.82) is 0 Å². The molecule has 16 heavy (non-hydrogen) atoms. The fraction of sp³-hybridized carbons (Fsp3) is 0.100. The first-order valence-electron chi connectivity index (χ1n) is 4.66. The summed E-state index contributed by atoms with van der Waals surface area (Å²) in [5.74, 6) is 0. The Morgan fingerprint density at radius 2 is 1.94 bits per heavy atom. The third kappa shape index (κ3) is 1.98. The van der Waals surface area contributed by atoms with E-state index in [1.54, 1.807) is 36.8 Å². The summed E-state index contributed by atoms with van der Waals surface area (Å²) in [5.41, 5.74) is 1.75. The second-order valence-corrected chi connectivity index (χ2v) is 5.08. The molecule has 0 aliphatic rings. The van der Waals surface area contributed by atoms with Gasteiger partial charge in [0.25, 0.3) is 0 Å². The summed E-state index contributed by atoms with van der Waals surface area (Å²) in [6.07, 6.45) is 3.26. The second kappa shape index (κ2) is 4.07. The van der Waals surface area contributed by atoms with Crippen molar-refractivity contribution in [2.24, 2.45) is 0 Å². The maximum atomic E-state index is 11.5. The Morgan fingerprint density at radius 1 is 1.25 bits per heavy atom. The number of hydrogen-bond acceptors (Lipinski definition) is 3. The molecule has 2 aromatic rings. The molecular formula is C10H11N3O2S. The Morgan fingerprint density at radius 3 is 2.44 bits per heavy atom. The van der Waals surface area contributed by atoms with Crippen molar-refractivity contribution in [3.63, 3.8) is 0 Å². The molecule has 0 aliphatic heterocycles. The zero-order valence-corrected chi connectivity index (χ0v) is 9.45. The summed E-state index contributed by atoms with van der Waals surface area (Å²) in [6.45, 7) is 0. The number of aromatic nitrogens is 2. The van der Waals surface area contributed by atoms with Crippen LogP contribution in [-0.2, 0) is 10.0 Å². The van der Waals surface area contributed by atoms with Crippen LogP contribution in [0.3, 0.4) is 0 Å². The highest BCUT2D eigenvalue weighted by atomic mass is 32.2. The molecule has 0 bridgehead atoms. The maximum Gasteiger partial charge on any atom is 0.240 e. The molecule has 1 aromatic carbocycles. The molecule has 6 heteroatoms. The minimum Gasteiger partial charge on any atom is -0.345 e. The SMILES string of the molecule is CNS(=O)(=O)c1ccc(-c2cnc[nH]2)cc1. The van der Waals surface area contributed by atoms with E-state index in [9.17, 15) is 8.42 Å². The van der Waals surface area contributed by atoms with Crippen LogP contribution in [0.4, 0.5) is 0 Å². The van der Waals surface area contributed by atoms with Crippen molar-refractivity contribution in [2.45, 2.75) is 4.90 Å². The van der Waals surface area contributed by atoms with Crippen LogP contribution in [0.15, 0.2) is 41.7 Å². The number of hydrogen-bond donors (Lipinski definition) is 2. The molecule has 0 fully saturated rings. The lowest BCUT2D eigenvalue weighted by Gasteiger charge is -2.03. The molecular weight excluding hydrogens is 226 g/mol. The van der Waals surface area contributed by atoms with Gasteiger partial charge in [0.05, 0.1) is 23.1 Å². The van der Waals surface area contributed by atoms with Gasteiger partial charge in [0.2, 0.25) is 10.0 Å². The Hall–Kier alpha value is -1.66. The predicted octanol–water partition coefficient (Wildman–Crippen LogP) is 0.985. The van der Waals surface area contributed by atoms with E-state index in [0.717, 1.165) is 11.3 Å². The first-order chi connectivity index (χ1) is 7.63. The maximum absolute atomic E-state index is 11.5. The van der Waals surface area contributed by atoms with Crippen LogP contribution in [0.5, 0.6) is 0 Å². The molecule has 2 rings (SSSR count). The Balaban J connectivity index is 2.38. The molecule has 0 saturated carbocycles. The monoisotopic (exact) mass is 237 g/mol. The van der Waals surface area contributed by atoms with Crippen molar-refractivity contribution in [2.75, 3.05) is 7.05 Å². The molecule has 0 amide bonds. The quantitative estimate of drug-likeness (QED) is 0.835. The summed E-state index contributed by atoms with van der Waals surface area (Å²) >= 11 is 0. The van der Waals surface area contributed by atoms with Gasteiger partial charge in [0, 0.05) is 0 Å². The Bertz CT molecular complexity index is 559. The third-order valence-electron chi connectivity index (χ3n) is 2.24. The number of imidazole rings is 1. The number of aromatic amines is 1. The molecule has 0 radical (unpaired) electrons. The topological polar surface area (TPSA) is 74.8 Å². The highest BCUT2D eigenvalue weighted by molar-refractivity contribution is 7.89. The van der Waals surface area contributed by atoms with Crippen LogP contribution >= 0.6 is 0 Å². The molecule has 1 heterocycles. The molecule has 0 atom stereocenters. The predicted molar refractivity (Wildman–Crippen MR) is 60.3 cm³/mol. The van der Waals surface area contributed by atoms with Crippen molar-refractivity contribution in [1.82, 2.24) is 14.7 Å². The standard InChI is InChI=1S/C10H11N3O2S/c1-11-16(14,15)9-4-2-8(3-5-9)10-6-12-7-13-10/h2-7,11H,1H3,(H,12,13). The van der Waals surface area contributed by atoms with Gasteiger partial charge in [-0.25, -0.2) is 18.1 Å². The molecule has 2 N–H and O–H groups in total. The van der Waals surface area contributed by atoms with Gasteiger partial charge >= 0.3 is 0 Å². The normalized spacial score (nSPS) is 11.6. The summed E-state index contributed by atoms with van der Waals surface area (Å²) < 4.78 is 25.2. The number of rotatable bonds is 3. The number of H-pyrrole nitrogens is 1. The fourth-order valence-electron chi connectivity index (χ4n) is 1.35. The molecule has 0 unspecified atom stereocenters. The number of benzene rings is 1. The Labute approximate surface area is 93.6 Å². The molecule has 0 spiro atoms. The van der Waals surface area contributed by atoms with Gasteiger partial charge in [-0.3, -0.25) is 0 Å². The van der Waals surface area contributed by atoms with Crippen LogP contribution in [0.25, 0.3) is 11.3 Å². The van der Waals surface area contributed by atoms with Gasteiger partial charge in [0.1, 0.15) is 0 Å². The summed E-state index contributed by atoms with van der Waals surface area (Å²) in [5, 5.41) is 0. The third-order valence-corrected chi connectivity index (χ3v) is 3.67. The molecule has 0 saturated heterocycles. The molecule has 5 nitrogen and oxygen atoms in total. The lowest BCUT2D eigenvalue weighted by atomic mass is 10.2. The molecule has 0 aliphatic carbocycles. The highest BCUT2D eigenvalue weighted by Crippen LogP contribution is 2.18. The van der Waals surface area contributed by atoms with Gasteiger partial charge in [-0.05, 0) is 24.7 Å². The van der Waals surface area contributed by atoms with Crippen molar-refractivity contribution >= 4 is 10.0 Å². The van der Waals surface area contributed by atoms with E-state index in [-0.39, 0.29) is 4.90 Å². The highest BCUT2D eigenvalue weighted by Gasteiger charge is 2.10. The largest absolute Gasteiger partial charge is 0.345 e. The average molecular weight is 237 g/mol. The number of sulfonamides is 1. The van der Waals surface area contributed by atoms with Gasteiger partial charge < -0.3 is 4.98 Å². The van der Waals surface area contributed by atoms with E-state index in [1.807, 2.05) is 0 Å². The van der Waals surface area contributed by atoms with Crippen molar-refractivity contribution < 1.29 is 8.42 Å². The first kappa shape index (κ1) is 10.8. The number of nitrogens with one attached hydrogen (secondary N) is 2. The van der Waals surface area contributed by atoms with Gasteiger partial charge in [-0.15, -0.1) is 0 Å². The van der Waals surface area contributed by atoms with E-state index in [0.29, 0.717) is 0 Å². The van der Waals surface area contributed by atoms with Crippen molar-refractivity contribution in [3.8, 4) is 11.3 Å². The second-order valence-electron chi connectivity index (χ2n) is 3.20. The smallest absolute Gasteiger partial charge is 0.240 e. The summed E-state index contributed by atoms with van der Waals surface area (Å²) in [4.78, 5) is 7.10. The minimum atomic E-state index is -3.36. The van der Waals surface area contributed by atoms with E-state index in [1.165, 1.54) is 7.05 Å². The van der Waals surface area contributed by atoms with E-state index >= 15 is 0 Å². The van der Waals surface area contributed by atoms with Crippen molar-refractivity contribution in [3.05, 3.63) is 36.8 Å². The lowest BCUT2D eigenvalue weighted by Crippen LogP contribution is -2.18. The summed E-state index contributed by atoms with van der Waals surface area (Å²) in [7, 11) is -1.97. The Kier molecular flexibility index (Phi) is 2.76. The van der Waals surface area contributed by atoms with Crippen LogP contribution in [0, 0.1) is 0 Å². The van der Waals surface area contributed by atoms with E-state index in [4.69, 9.17) is 0 Å². The summed E-state index contributed by atoms with van der Waals surface area (Å²) in [6, 6.07) is 6.58. The van der Waals surface area contributed by atoms with Gasteiger partial charge in [-0.1, -0.05) is 12.1 Å². The average Bonchev–Trinajstić information content (AvgIpc) is 2.83. The first-order valence-corrected chi connectivity index (χ1v) is 6.14. The lowest BCUT2D eigenvalue weighted by molar-refractivity contribution is 0.588. The molecule has 1 aromatic heterocycles. The van der Waals surface area contributed by atoms with Crippen LogP contribution in [0.1, 0.15) is 0 Å². The minimum absolute atomic E-state index is 0.248. The van der Waals surface area contributed by atoms with Gasteiger partial charge in [0.15, 0.2) is 0 Å². The van der Waals surface area contributed by atoms with E-state index in [2.05, 4.69) is 14.7 Å². The molecule has 84 valence electrons. The van der Waals surface area contributed by atoms with Crippen LogP contribution in [-0.4, -0.2) is 25.4 Å². The zero-order chi connectivity index (χ0) is 11.6.